The Morgan fingerprint density at radius 2 is 0.857 bits per heavy atom. The third-order valence-electron chi connectivity index (χ3n) is 0.447. The Morgan fingerprint density at radius 3 is 0.857 bits per heavy atom. The van der Waals surface area contributed by atoms with Crippen LogP contribution in [0.25, 0.3) is 10.6 Å². The van der Waals surface area contributed by atoms with Gasteiger partial charge >= 0.3 is 17.1 Å². The predicted octanol–water partition coefficient (Wildman–Crippen LogP) is 0.745. The van der Waals surface area contributed by atoms with Crippen LogP contribution in [0.4, 0.5) is 0 Å². The van der Waals surface area contributed by atoms with Crippen molar-refractivity contribution in [1.29, 1.82) is 0 Å². The maximum absolute atomic E-state index is 3.75. The summed E-state index contributed by atoms with van der Waals surface area (Å²) in [6, 6.07) is 0. The van der Waals surface area contributed by atoms with Crippen molar-refractivity contribution in [2.45, 2.75) is 0 Å². The average molecular weight is 148 g/mol. The van der Waals surface area contributed by atoms with Gasteiger partial charge in [0.15, 0.2) is 0 Å². The van der Waals surface area contributed by atoms with E-state index in [1.54, 1.807) is 0 Å². The molecular formula is C4H8CuN2. The van der Waals surface area contributed by atoms with Crippen molar-refractivity contribution in [3.05, 3.63) is 10.6 Å². The summed E-state index contributed by atoms with van der Waals surface area (Å²) >= 11 is 0. The van der Waals surface area contributed by atoms with Gasteiger partial charge in [-0.15, -0.1) is 0 Å². The molecule has 0 N–H and O–H groups in total. The Balaban J connectivity index is 0.0000000900. The topological polar surface area (TPSA) is 28.2 Å². The van der Waals surface area contributed by atoms with Crippen molar-refractivity contribution in [3.63, 3.8) is 0 Å². The van der Waals surface area contributed by atoms with E-state index >= 15 is 0 Å². The number of hydrogen-bond acceptors (Lipinski definition) is 0. The van der Waals surface area contributed by atoms with Crippen molar-refractivity contribution >= 4 is 0 Å². The van der Waals surface area contributed by atoms with E-state index in [4.69, 9.17) is 0 Å². The molecule has 0 spiro atoms. The molecule has 0 saturated carbocycles. The van der Waals surface area contributed by atoms with E-state index in [-0.39, 0.29) is 17.1 Å². The molecule has 0 aliphatic carbocycles. The van der Waals surface area contributed by atoms with Crippen LogP contribution in [0.5, 0.6) is 0 Å². The van der Waals surface area contributed by atoms with Gasteiger partial charge < -0.3 is 10.6 Å². The van der Waals surface area contributed by atoms with E-state index in [0.717, 1.165) is 26.2 Å². The predicted molar refractivity (Wildman–Crippen MR) is 26.2 cm³/mol. The second-order valence-corrected chi connectivity index (χ2v) is 1.34. The summed E-state index contributed by atoms with van der Waals surface area (Å²) in [6.07, 6.45) is 0. The molecule has 0 unspecified atom stereocenters. The number of nitrogens with zero attached hydrogens (tertiary/aromatic N) is 2. The van der Waals surface area contributed by atoms with Crippen LogP contribution in [0.1, 0.15) is 0 Å². The third kappa shape index (κ3) is 21.3. The van der Waals surface area contributed by atoms with Gasteiger partial charge in [0.05, 0.1) is 0 Å². The summed E-state index contributed by atoms with van der Waals surface area (Å²) in [6.45, 7) is 4.50. The van der Waals surface area contributed by atoms with Gasteiger partial charge in [0, 0.05) is 0 Å². The SMILES string of the molecule is C1C[N-]1.C1C[N-]1.[Cu+2]. The van der Waals surface area contributed by atoms with Gasteiger partial charge in [-0.3, -0.25) is 0 Å². The van der Waals surface area contributed by atoms with Gasteiger partial charge in [-0.25, -0.2) is 0 Å². The molecule has 2 aliphatic heterocycles. The average Bonchev–Trinajstić information content (AvgIpc) is 2.31. The van der Waals surface area contributed by atoms with Crippen LogP contribution < -0.4 is 0 Å². The van der Waals surface area contributed by atoms with Crippen molar-refractivity contribution in [1.82, 2.24) is 0 Å². The molecule has 0 aromatic rings. The van der Waals surface area contributed by atoms with E-state index in [1.165, 1.54) is 0 Å². The summed E-state index contributed by atoms with van der Waals surface area (Å²) in [5.41, 5.74) is 0. The third-order valence-corrected chi connectivity index (χ3v) is 0.447. The zero-order chi connectivity index (χ0) is 4.24. The molecular weight excluding hydrogens is 140 g/mol. The van der Waals surface area contributed by atoms with Crippen LogP contribution >= 0.6 is 0 Å². The Labute approximate surface area is 54.5 Å². The normalized spacial score (nSPS) is 20.6. The minimum Gasteiger partial charge on any atom is -0.665 e. The van der Waals surface area contributed by atoms with Crippen molar-refractivity contribution in [2.75, 3.05) is 26.2 Å². The molecule has 2 nitrogen and oxygen atoms in total. The van der Waals surface area contributed by atoms with E-state index in [1.807, 2.05) is 0 Å². The van der Waals surface area contributed by atoms with Crippen LogP contribution in [0.15, 0.2) is 0 Å². The van der Waals surface area contributed by atoms with Crippen LogP contribution in [0.3, 0.4) is 0 Å². The van der Waals surface area contributed by atoms with Gasteiger partial charge in [0.1, 0.15) is 0 Å². The molecule has 0 atom stereocenters. The van der Waals surface area contributed by atoms with Crippen LogP contribution in [0.2, 0.25) is 0 Å². The molecule has 0 bridgehead atoms. The van der Waals surface area contributed by atoms with Crippen molar-refractivity contribution in [3.8, 4) is 0 Å². The number of hydrogen-bond donors (Lipinski definition) is 0. The molecule has 2 fully saturated rings. The first-order valence-electron chi connectivity index (χ1n) is 2.26. The fourth-order valence-electron chi connectivity index (χ4n) is 0. The van der Waals surface area contributed by atoms with Crippen molar-refractivity contribution < 1.29 is 17.1 Å². The minimum absolute atomic E-state index is 0. The Hall–Kier alpha value is 0.439. The summed E-state index contributed by atoms with van der Waals surface area (Å²) in [5.74, 6) is 0. The van der Waals surface area contributed by atoms with Gasteiger partial charge in [-0.05, 0) is 0 Å². The second kappa shape index (κ2) is 4.59. The standard InChI is InChI=1S/2C2H4N.Cu/c2*1-2-3-1;/h2*1-2H2;/q2*-1;+2. The van der Waals surface area contributed by atoms with E-state index in [0.29, 0.717) is 0 Å². The zero-order valence-corrected chi connectivity index (χ0v) is 4.97. The first-order valence-corrected chi connectivity index (χ1v) is 2.26. The van der Waals surface area contributed by atoms with Gasteiger partial charge in [0.25, 0.3) is 0 Å². The fourth-order valence-corrected chi connectivity index (χ4v) is 0. The van der Waals surface area contributed by atoms with Crippen molar-refractivity contribution in [2.24, 2.45) is 0 Å². The molecule has 2 rings (SSSR count). The summed E-state index contributed by atoms with van der Waals surface area (Å²) in [4.78, 5) is 0. The fraction of sp³-hybridized carbons (Fsp3) is 1.00. The van der Waals surface area contributed by atoms with Gasteiger partial charge in [0.2, 0.25) is 0 Å². The molecule has 7 heavy (non-hydrogen) atoms. The molecule has 0 amide bonds. The first kappa shape index (κ1) is 7.44. The molecule has 0 aromatic carbocycles. The Kier molecular flexibility index (Phi) is 4.88. The molecule has 0 aromatic heterocycles. The summed E-state index contributed by atoms with van der Waals surface area (Å²) in [5, 5.41) is 7.50. The van der Waals surface area contributed by atoms with Gasteiger partial charge in [-0.1, -0.05) is 0 Å². The molecule has 3 heteroatoms. The minimum atomic E-state index is 0. The van der Waals surface area contributed by atoms with Crippen LogP contribution in [-0.4, -0.2) is 26.2 Å². The molecule has 45 valence electrons. The summed E-state index contributed by atoms with van der Waals surface area (Å²) < 4.78 is 0. The summed E-state index contributed by atoms with van der Waals surface area (Å²) in [7, 11) is 0. The Bertz CT molecular complexity index is 25.2. The number of rotatable bonds is 0. The monoisotopic (exact) mass is 147 g/mol. The molecule has 2 saturated heterocycles. The largest absolute Gasteiger partial charge is 2.00 e. The zero-order valence-electron chi connectivity index (χ0n) is 4.02. The van der Waals surface area contributed by atoms with Gasteiger partial charge in [-0.2, -0.15) is 26.2 Å². The Morgan fingerprint density at radius 1 is 0.714 bits per heavy atom. The molecule has 1 radical (unpaired) electrons. The van der Waals surface area contributed by atoms with Crippen LogP contribution in [0, 0.1) is 0 Å². The van der Waals surface area contributed by atoms with E-state index < -0.39 is 0 Å². The molecule has 2 heterocycles. The smallest absolute Gasteiger partial charge is 0.665 e. The first-order chi connectivity index (χ1) is 3.00. The maximum atomic E-state index is 3.75. The second-order valence-electron chi connectivity index (χ2n) is 1.34. The maximum Gasteiger partial charge on any atom is 2.00 e. The van der Waals surface area contributed by atoms with E-state index in [2.05, 4.69) is 10.6 Å². The van der Waals surface area contributed by atoms with Crippen LogP contribution in [-0.2, 0) is 17.1 Å². The quantitative estimate of drug-likeness (QED) is 0.357. The molecule has 2 aliphatic rings. The van der Waals surface area contributed by atoms with E-state index in [9.17, 15) is 0 Å².